The fourth-order valence-electron chi connectivity index (χ4n) is 2.60. The van der Waals surface area contributed by atoms with E-state index >= 15 is 0 Å². The lowest BCUT2D eigenvalue weighted by Crippen LogP contribution is -2.24. The zero-order chi connectivity index (χ0) is 22.8. The number of benzene rings is 1. The molecule has 13 heteroatoms. The molecule has 0 atom stereocenters. The Hall–Kier alpha value is -3.51. The summed E-state index contributed by atoms with van der Waals surface area (Å²) in [6, 6.07) is 4.45. The van der Waals surface area contributed by atoms with Crippen molar-refractivity contribution in [3.8, 4) is 28.8 Å². The highest BCUT2D eigenvalue weighted by molar-refractivity contribution is 5.55. The maximum Gasteiger partial charge on any atom is 0.422 e. The highest BCUT2D eigenvalue weighted by Crippen LogP contribution is 2.25. The van der Waals surface area contributed by atoms with Crippen molar-refractivity contribution in [3.05, 3.63) is 52.7 Å². The fraction of sp³-hybridized carbons (Fsp3) is 0.278. The van der Waals surface area contributed by atoms with E-state index in [9.17, 15) is 31.1 Å². The summed E-state index contributed by atoms with van der Waals surface area (Å²) >= 11 is 0. The van der Waals surface area contributed by atoms with Gasteiger partial charge in [0.05, 0.1) is 17.1 Å². The molecule has 0 unspecified atom stereocenters. The van der Waals surface area contributed by atoms with Crippen LogP contribution in [0, 0.1) is 5.82 Å². The van der Waals surface area contributed by atoms with Gasteiger partial charge < -0.3 is 9.47 Å². The number of ether oxygens (including phenoxy) is 2. The third-order valence-electron chi connectivity index (χ3n) is 3.87. The zero-order valence-corrected chi connectivity index (χ0v) is 15.7. The molecule has 0 saturated carbocycles. The second-order valence-electron chi connectivity index (χ2n) is 6.16. The third-order valence-corrected chi connectivity index (χ3v) is 3.87. The van der Waals surface area contributed by atoms with Crippen LogP contribution in [-0.2, 0) is 7.05 Å². The van der Waals surface area contributed by atoms with Gasteiger partial charge in [0, 0.05) is 25.4 Å². The number of rotatable bonds is 7. The van der Waals surface area contributed by atoms with E-state index in [1.807, 2.05) is 0 Å². The third kappa shape index (κ3) is 5.35. The van der Waals surface area contributed by atoms with E-state index in [2.05, 4.69) is 14.8 Å². The molecule has 0 aliphatic carbocycles. The van der Waals surface area contributed by atoms with Gasteiger partial charge >= 0.3 is 12.2 Å². The van der Waals surface area contributed by atoms with E-state index in [0.29, 0.717) is 16.3 Å². The smallest absolute Gasteiger partial charge is 0.422 e. The van der Waals surface area contributed by atoms with Crippen LogP contribution in [0.5, 0.6) is 11.8 Å². The first-order valence-corrected chi connectivity index (χ1v) is 8.58. The van der Waals surface area contributed by atoms with E-state index in [-0.39, 0.29) is 5.69 Å². The van der Waals surface area contributed by atoms with E-state index in [1.165, 1.54) is 16.9 Å². The Morgan fingerprint density at radius 3 is 2.45 bits per heavy atom. The maximum atomic E-state index is 14.6. The van der Waals surface area contributed by atoms with Gasteiger partial charge in [-0.3, -0.25) is 9.48 Å². The number of aryl methyl sites for hydroxylation is 1. The van der Waals surface area contributed by atoms with Crippen molar-refractivity contribution in [2.45, 2.75) is 12.6 Å². The van der Waals surface area contributed by atoms with Gasteiger partial charge in [-0.2, -0.15) is 23.3 Å². The molecule has 0 aliphatic rings. The van der Waals surface area contributed by atoms with Crippen LogP contribution >= 0.6 is 0 Å². The SMILES string of the molecule is Cn1nccc1-c1cc(=O)n(-c2ccc(OCC(F)(F)F)cc2F)c(OCC(F)F)n1. The number of halogens is 6. The number of alkyl halides is 5. The largest absolute Gasteiger partial charge is 0.484 e. The van der Waals surface area contributed by atoms with Crippen molar-refractivity contribution in [1.82, 2.24) is 19.3 Å². The number of hydrogen-bond acceptors (Lipinski definition) is 5. The van der Waals surface area contributed by atoms with Gasteiger partial charge in [0.15, 0.2) is 19.0 Å². The van der Waals surface area contributed by atoms with Crippen molar-refractivity contribution < 1.29 is 35.8 Å². The second kappa shape index (κ2) is 8.70. The zero-order valence-electron chi connectivity index (χ0n) is 15.7. The number of aromatic nitrogens is 4. The molecule has 0 N–H and O–H groups in total. The molecule has 166 valence electrons. The first-order chi connectivity index (χ1) is 14.5. The van der Waals surface area contributed by atoms with Crippen LogP contribution in [-0.4, -0.2) is 45.1 Å². The highest BCUT2D eigenvalue weighted by Gasteiger charge is 2.28. The molecule has 0 bridgehead atoms. The van der Waals surface area contributed by atoms with Crippen molar-refractivity contribution in [2.75, 3.05) is 13.2 Å². The Balaban J connectivity index is 2.05. The summed E-state index contributed by atoms with van der Waals surface area (Å²) in [6.45, 7) is -2.77. The van der Waals surface area contributed by atoms with Crippen molar-refractivity contribution in [1.29, 1.82) is 0 Å². The number of hydrogen-bond donors (Lipinski definition) is 0. The van der Waals surface area contributed by atoms with Crippen molar-refractivity contribution >= 4 is 0 Å². The molecule has 0 saturated heterocycles. The van der Waals surface area contributed by atoms with Gasteiger partial charge in [0.1, 0.15) is 5.75 Å². The van der Waals surface area contributed by atoms with Gasteiger partial charge in [0.2, 0.25) is 0 Å². The molecule has 3 aromatic rings. The Morgan fingerprint density at radius 2 is 1.87 bits per heavy atom. The topological polar surface area (TPSA) is 71.2 Å². The van der Waals surface area contributed by atoms with Crippen LogP contribution < -0.4 is 15.0 Å². The molecule has 2 aromatic heterocycles. The molecule has 2 heterocycles. The van der Waals surface area contributed by atoms with E-state index in [1.54, 1.807) is 7.05 Å². The highest BCUT2D eigenvalue weighted by atomic mass is 19.4. The summed E-state index contributed by atoms with van der Waals surface area (Å²) in [5.41, 5.74) is -0.949. The van der Waals surface area contributed by atoms with Crippen LogP contribution in [0.4, 0.5) is 26.3 Å². The van der Waals surface area contributed by atoms with Gasteiger partial charge in [0.25, 0.3) is 12.0 Å². The average molecular weight is 448 g/mol. The molecule has 1 aromatic carbocycles. The minimum absolute atomic E-state index is 0.0380. The van der Waals surface area contributed by atoms with Gasteiger partial charge in [-0.05, 0) is 18.2 Å². The van der Waals surface area contributed by atoms with E-state index < -0.39 is 54.6 Å². The van der Waals surface area contributed by atoms with E-state index in [0.717, 1.165) is 18.2 Å². The van der Waals surface area contributed by atoms with Gasteiger partial charge in [-0.1, -0.05) is 0 Å². The summed E-state index contributed by atoms with van der Waals surface area (Å²) in [5.74, 6) is -1.60. The quantitative estimate of drug-likeness (QED) is 0.519. The van der Waals surface area contributed by atoms with Crippen molar-refractivity contribution in [3.63, 3.8) is 0 Å². The molecule has 7 nitrogen and oxygen atoms in total. The fourth-order valence-corrected chi connectivity index (χ4v) is 2.60. The summed E-state index contributed by atoms with van der Waals surface area (Å²) < 4.78 is 88.1. The molecular formula is C18H14F6N4O3. The molecule has 3 rings (SSSR count). The Labute approximate surface area is 170 Å². The van der Waals surface area contributed by atoms with Crippen LogP contribution in [0.2, 0.25) is 0 Å². The Kier molecular flexibility index (Phi) is 6.22. The first kappa shape index (κ1) is 22.2. The lowest BCUT2D eigenvalue weighted by atomic mass is 10.2. The monoisotopic (exact) mass is 448 g/mol. The lowest BCUT2D eigenvalue weighted by molar-refractivity contribution is -0.153. The molecule has 0 aliphatic heterocycles. The molecule has 0 amide bonds. The molecule has 0 radical (unpaired) electrons. The predicted octanol–water partition coefficient (Wildman–Crippen LogP) is 3.36. The Morgan fingerprint density at radius 1 is 1.13 bits per heavy atom. The van der Waals surface area contributed by atoms with Crippen molar-refractivity contribution in [2.24, 2.45) is 7.05 Å². The maximum absolute atomic E-state index is 14.6. The normalized spacial score (nSPS) is 11.7. The van der Waals surface area contributed by atoms with E-state index in [4.69, 9.17) is 4.74 Å². The lowest BCUT2D eigenvalue weighted by Gasteiger charge is -2.15. The average Bonchev–Trinajstić information content (AvgIpc) is 3.10. The van der Waals surface area contributed by atoms with Gasteiger partial charge in [-0.15, -0.1) is 0 Å². The minimum atomic E-state index is -4.63. The Bertz CT molecular complexity index is 1130. The summed E-state index contributed by atoms with van der Waals surface area (Å²) in [5, 5.41) is 3.92. The molecule has 31 heavy (non-hydrogen) atoms. The van der Waals surface area contributed by atoms with Crippen LogP contribution in [0.15, 0.2) is 41.3 Å². The predicted molar refractivity (Wildman–Crippen MR) is 95.0 cm³/mol. The summed E-state index contributed by atoms with van der Waals surface area (Å²) in [6.07, 6.45) is -6.12. The molecular weight excluding hydrogens is 434 g/mol. The summed E-state index contributed by atoms with van der Waals surface area (Å²) in [4.78, 5) is 16.7. The van der Waals surface area contributed by atoms with Gasteiger partial charge in [-0.25, -0.2) is 17.7 Å². The number of nitrogens with zero attached hydrogens (tertiary/aromatic N) is 4. The second-order valence-corrected chi connectivity index (χ2v) is 6.16. The van der Waals surface area contributed by atoms with Crippen LogP contribution in [0.3, 0.4) is 0 Å². The van der Waals surface area contributed by atoms with Crippen LogP contribution in [0.1, 0.15) is 0 Å². The minimum Gasteiger partial charge on any atom is -0.484 e. The first-order valence-electron chi connectivity index (χ1n) is 8.58. The standard InChI is InChI=1S/C18H14F6N4O3/c1-27-14(4-5-25-27)12-7-16(29)28(17(26-12)30-8-15(20)21)13-3-2-10(6-11(13)19)31-9-18(22,23)24/h2-7,15H,8-9H2,1H3. The van der Waals surface area contributed by atoms with Crippen LogP contribution in [0.25, 0.3) is 17.1 Å². The molecule has 0 spiro atoms. The molecule has 0 fully saturated rings. The summed E-state index contributed by atoms with van der Waals surface area (Å²) in [7, 11) is 1.56.